The molecule has 6 heteroatoms. The number of nitrogens with two attached hydrogens (primary N) is 1. The third-order valence-electron chi connectivity index (χ3n) is 3.97. The second-order valence-corrected chi connectivity index (χ2v) is 5.76. The summed E-state index contributed by atoms with van der Waals surface area (Å²) in [6.07, 6.45) is 1.50. The van der Waals surface area contributed by atoms with Crippen LogP contribution in [0.15, 0.2) is 48.8 Å². The monoisotopic (exact) mass is 335 g/mol. The lowest BCUT2D eigenvalue weighted by Gasteiger charge is -2.13. The average Bonchev–Trinajstić information content (AvgIpc) is 2.60. The zero-order valence-corrected chi connectivity index (χ0v) is 14.5. The number of nitrogens with one attached hydrogen (secondary N) is 2. The van der Waals surface area contributed by atoms with Gasteiger partial charge in [-0.2, -0.15) is 0 Å². The maximum Gasteiger partial charge on any atom is 0.142 e. The van der Waals surface area contributed by atoms with E-state index in [0.717, 1.165) is 28.3 Å². The molecule has 0 bridgehead atoms. The van der Waals surface area contributed by atoms with Crippen LogP contribution in [0, 0.1) is 13.8 Å². The van der Waals surface area contributed by atoms with Crippen LogP contribution in [0.2, 0.25) is 0 Å². The maximum absolute atomic E-state index is 6.10. The van der Waals surface area contributed by atoms with Gasteiger partial charge in [-0.15, -0.1) is 0 Å². The zero-order chi connectivity index (χ0) is 17.8. The van der Waals surface area contributed by atoms with Crippen LogP contribution in [0.1, 0.15) is 11.1 Å². The SMILES string of the molecule is COc1ccccc1Nc1cc(Nc2cc(C)c(C)cc2N)ncn1. The van der Waals surface area contributed by atoms with Crippen molar-refractivity contribution in [2.24, 2.45) is 0 Å². The van der Waals surface area contributed by atoms with Crippen molar-refractivity contribution in [2.45, 2.75) is 13.8 Å². The Bertz CT molecular complexity index is 895. The van der Waals surface area contributed by atoms with Crippen molar-refractivity contribution in [3.8, 4) is 5.75 Å². The molecule has 0 spiro atoms. The van der Waals surface area contributed by atoms with E-state index in [2.05, 4.69) is 27.5 Å². The fourth-order valence-electron chi connectivity index (χ4n) is 2.46. The van der Waals surface area contributed by atoms with Crippen LogP contribution in [0.3, 0.4) is 0 Å². The standard InChI is InChI=1S/C19H21N5O/c1-12-8-14(20)16(9-13(12)2)24-19-10-18(21-11-22-19)23-15-6-4-5-7-17(15)25-3/h4-11H,20H2,1-3H3,(H2,21,22,23,24). The molecule has 25 heavy (non-hydrogen) atoms. The van der Waals surface area contributed by atoms with Gasteiger partial charge in [-0.05, 0) is 49.2 Å². The number of aryl methyl sites for hydroxylation is 2. The minimum Gasteiger partial charge on any atom is -0.495 e. The van der Waals surface area contributed by atoms with Crippen molar-refractivity contribution in [1.82, 2.24) is 9.97 Å². The molecule has 0 aliphatic rings. The molecule has 0 amide bonds. The summed E-state index contributed by atoms with van der Waals surface area (Å²) in [6, 6.07) is 13.4. The molecule has 6 nitrogen and oxygen atoms in total. The van der Waals surface area contributed by atoms with Crippen molar-refractivity contribution in [3.63, 3.8) is 0 Å². The van der Waals surface area contributed by atoms with E-state index in [-0.39, 0.29) is 0 Å². The first-order valence-corrected chi connectivity index (χ1v) is 7.92. The Labute approximate surface area is 147 Å². The van der Waals surface area contributed by atoms with E-state index in [1.165, 1.54) is 6.33 Å². The lowest BCUT2D eigenvalue weighted by Crippen LogP contribution is -2.02. The van der Waals surface area contributed by atoms with Crippen molar-refractivity contribution in [1.29, 1.82) is 0 Å². The number of aromatic nitrogens is 2. The Morgan fingerprint density at radius 2 is 1.52 bits per heavy atom. The van der Waals surface area contributed by atoms with Crippen LogP contribution in [0.25, 0.3) is 0 Å². The van der Waals surface area contributed by atoms with Gasteiger partial charge in [0.15, 0.2) is 0 Å². The Morgan fingerprint density at radius 1 is 0.880 bits per heavy atom. The van der Waals surface area contributed by atoms with Crippen molar-refractivity contribution < 1.29 is 4.74 Å². The van der Waals surface area contributed by atoms with Gasteiger partial charge < -0.3 is 21.1 Å². The minimum atomic E-state index is 0.655. The number of anilines is 5. The molecular formula is C19H21N5O. The molecular weight excluding hydrogens is 314 g/mol. The Hall–Kier alpha value is -3.28. The summed E-state index contributed by atoms with van der Waals surface area (Å²) < 4.78 is 5.35. The van der Waals surface area contributed by atoms with Gasteiger partial charge in [-0.1, -0.05) is 12.1 Å². The predicted molar refractivity (Wildman–Crippen MR) is 102 cm³/mol. The summed E-state index contributed by atoms with van der Waals surface area (Å²) in [5.74, 6) is 2.06. The van der Waals surface area contributed by atoms with Gasteiger partial charge >= 0.3 is 0 Å². The van der Waals surface area contributed by atoms with E-state index in [1.54, 1.807) is 7.11 Å². The molecule has 0 unspecified atom stereocenters. The number of hydrogen-bond acceptors (Lipinski definition) is 6. The van der Waals surface area contributed by atoms with Crippen LogP contribution in [-0.4, -0.2) is 17.1 Å². The number of para-hydroxylation sites is 2. The van der Waals surface area contributed by atoms with Crippen LogP contribution >= 0.6 is 0 Å². The first-order valence-electron chi connectivity index (χ1n) is 7.92. The molecule has 0 saturated carbocycles. The second kappa shape index (κ2) is 7.09. The zero-order valence-electron chi connectivity index (χ0n) is 14.5. The number of nitrogen functional groups attached to an aromatic ring is 1. The largest absolute Gasteiger partial charge is 0.495 e. The first-order chi connectivity index (χ1) is 12.1. The molecule has 1 heterocycles. The van der Waals surface area contributed by atoms with Gasteiger partial charge in [0, 0.05) is 6.07 Å². The topological polar surface area (TPSA) is 85.1 Å². The third-order valence-corrected chi connectivity index (χ3v) is 3.97. The van der Waals surface area contributed by atoms with Crippen molar-refractivity contribution >= 4 is 28.7 Å². The van der Waals surface area contributed by atoms with E-state index >= 15 is 0 Å². The minimum absolute atomic E-state index is 0.655. The van der Waals surface area contributed by atoms with Gasteiger partial charge in [0.25, 0.3) is 0 Å². The maximum atomic E-state index is 6.10. The van der Waals surface area contributed by atoms with Crippen molar-refractivity contribution in [3.05, 3.63) is 59.9 Å². The van der Waals surface area contributed by atoms with Crippen molar-refractivity contribution in [2.75, 3.05) is 23.5 Å². The molecule has 1 aromatic heterocycles. The summed E-state index contributed by atoms with van der Waals surface area (Å²) in [7, 11) is 1.63. The molecule has 128 valence electrons. The van der Waals surface area contributed by atoms with Crippen LogP contribution in [0.5, 0.6) is 5.75 Å². The smallest absolute Gasteiger partial charge is 0.142 e. The third kappa shape index (κ3) is 3.80. The van der Waals surface area contributed by atoms with Gasteiger partial charge in [0.2, 0.25) is 0 Å². The number of methoxy groups -OCH3 is 1. The highest BCUT2D eigenvalue weighted by atomic mass is 16.5. The average molecular weight is 335 g/mol. The Kier molecular flexibility index (Phi) is 4.70. The van der Waals surface area contributed by atoms with E-state index in [4.69, 9.17) is 10.5 Å². The quantitative estimate of drug-likeness (QED) is 0.607. The second-order valence-electron chi connectivity index (χ2n) is 5.76. The summed E-state index contributed by atoms with van der Waals surface area (Å²) in [4.78, 5) is 8.52. The van der Waals surface area contributed by atoms with Gasteiger partial charge in [-0.25, -0.2) is 9.97 Å². The van der Waals surface area contributed by atoms with E-state index in [9.17, 15) is 0 Å². The van der Waals surface area contributed by atoms with E-state index in [0.29, 0.717) is 17.3 Å². The summed E-state index contributed by atoms with van der Waals surface area (Å²) in [5.41, 5.74) is 10.8. The highest BCUT2D eigenvalue weighted by Gasteiger charge is 2.07. The Morgan fingerprint density at radius 3 is 2.24 bits per heavy atom. The fourth-order valence-corrected chi connectivity index (χ4v) is 2.46. The molecule has 0 aliphatic heterocycles. The van der Waals surface area contributed by atoms with Gasteiger partial charge in [0.1, 0.15) is 23.7 Å². The number of rotatable bonds is 5. The van der Waals surface area contributed by atoms with E-state index < -0.39 is 0 Å². The first kappa shape index (κ1) is 16.6. The highest BCUT2D eigenvalue weighted by Crippen LogP contribution is 2.29. The molecule has 0 atom stereocenters. The molecule has 0 radical (unpaired) electrons. The van der Waals surface area contributed by atoms with Gasteiger partial charge in [0.05, 0.1) is 24.2 Å². The molecule has 4 N–H and O–H groups in total. The number of benzene rings is 2. The predicted octanol–water partition coefficient (Wildman–Crippen LogP) is 4.17. The molecule has 0 fully saturated rings. The summed E-state index contributed by atoms with van der Waals surface area (Å²) in [6.45, 7) is 4.09. The molecule has 3 aromatic rings. The van der Waals surface area contributed by atoms with Gasteiger partial charge in [-0.3, -0.25) is 0 Å². The van der Waals surface area contributed by atoms with Crippen LogP contribution in [0.4, 0.5) is 28.7 Å². The summed E-state index contributed by atoms with van der Waals surface area (Å²) in [5, 5.41) is 6.49. The highest BCUT2D eigenvalue weighted by molar-refractivity contribution is 5.74. The number of hydrogen-bond donors (Lipinski definition) is 3. The normalized spacial score (nSPS) is 10.4. The molecule has 3 rings (SSSR count). The molecule has 0 aliphatic carbocycles. The van der Waals surface area contributed by atoms with Crippen LogP contribution < -0.4 is 21.1 Å². The van der Waals surface area contributed by atoms with Crippen LogP contribution in [-0.2, 0) is 0 Å². The Balaban J connectivity index is 1.84. The lowest BCUT2D eigenvalue weighted by atomic mass is 10.1. The lowest BCUT2D eigenvalue weighted by molar-refractivity contribution is 0.417. The number of nitrogens with zero attached hydrogens (tertiary/aromatic N) is 2. The number of ether oxygens (including phenoxy) is 1. The molecule has 2 aromatic carbocycles. The summed E-state index contributed by atoms with van der Waals surface area (Å²) >= 11 is 0. The molecule has 0 saturated heterocycles. The fraction of sp³-hybridized carbons (Fsp3) is 0.158. The van der Waals surface area contributed by atoms with E-state index in [1.807, 2.05) is 49.4 Å².